The number of anilines is 1. The van der Waals surface area contributed by atoms with Crippen LogP contribution in [-0.4, -0.2) is 39.8 Å². The Kier molecular flexibility index (Phi) is 5.07. The molecule has 0 aliphatic rings. The van der Waals surface area contributed by atoms with E-state index in [4.69, 9.17) is 0 Å². The fourth-order valence-corrected chi connectivity index (χ4v) is 1.77. The number of aryl methyl sites for hydroxylation is 1. The highest BCUT2D eigenvalue weighted by Crippen LogP contribution is 2.17. The maximum Gasteiger partial charge on any atom is 0.319 e. The van der Waals surface area contributed by atoms with Crippen LogP contribution in [0.2, 0.25) is 0 Å². The van der Waals surface area contributed by atoms with Gasteiger partial charge in [0.1, 0.15) is 6.33 Å². The average molecular weight is 302 g/mol. The molecular weight excluding hydrogens is 284 g/mol. The SMILES string of the molecule is CCNC(=O)CNC(=O)Nc1ccc(-c2ncn(C)n2)cc1. The molecule has 0 aliphatic carbocycles. The van der Waals surface area contributed by atoms with E-state index in [-0.39, 0.29) is 12.5 Å². The smallest absolute Gasteiger partial charge is 0.319 e. The van der Waals surface area contributed by atoms with Crippen molar-refractivity contribution < 1.29 is 9.59 Å². The molecule has 3 amide bonds. The number of nitrogens with zero attached hydrogens (tertiary/aromatic N) is 3. The van der Waals surface area contributed by atoms with E-state index in [0.29, 0.717) is 18.1 Å². The highest BCUT2D eigenvalue weighted by Gasteiger charge is 2.06. The summed E-state index contributed by atoms with van der Waals surface area (Å²) in [5, 5.41) is 11.9. The maximum atomic E-state index is 11.6. The largest absolute Gasteiger partial charge is 0.355 e. The molecule has 1 heterocycles. The topological polar surface area (TPSA) is 101 Å². The van der Waals surface area contributed by atoms with Crippen LogP contribution < -0.4 is 16.0 Å². The first-order valence-corrected chi connectivity index (χ1v) is 6.86. The molecule has 1 aromatic heterocycles. The van der Waals surface area contributed by atoms with Crippen LogP contribution in [0.3, 0.4) is 0 Å². The summed E-state index contributed by atoms with van der Waals surface area (Å²) in [5.74, 6) is 0.393. The molecule has 22 heavy (non-hydrogen) atoms. The van der Waals surface area contributed by atoms with E-state index in [2.05, 4.69) is 26.0 Å². The van der Waals surface area contributed by atoms with Crippen LogP contribution in [0.5, 0.6) is 0 Å². The zero-order chi connectivity index (χ0) is 15.9. The van der Waals surface area contributed by atoms with E-state index >= 15 is 0 Å². The predicted octanol–water partition coefficient (Wildman–Crippen LogP) is 0.740. The van der Waals surface area contributed by atoms with Gasteiger partial charge in [-0.3, -0.25) is 9.48 Å². The lowest BCUT2D eigenvalue weighted by Crippen LogP contribution is -2.38. The molecule has 0 saturated heterocycles. The molecule has 0 spiro atoms. The van der Waals surface area contributed by atoms with Gasteiger partial charge in [-0.2, -0.15) is 5.10 Å². The van der Waals surface area contributed by atoms with Gasteiger partial charge >= 0.3 is 6.03 Å². The summed E-state index contributed by atoms with van der Waals surface area (Å²) in [7, 11) is 1.80. The van der Waals surface area contributed by atoms with E-state index in [1.54, 1.807) is 30.2 Å². The van der Waals surface area contributed by atoms with E-state index in [0.717, 1.165) is 5.56 Å². The van der Waals surface area contributed by atoms with Crippen LogP contribution in [0.15, 0.2) is 30.6 Å². The average Bonchev–Trinajstić information content (AvgIpc) is 2.93. The molecule has 8 nitrogen and oxygen atoms in total. The number of carbonyl (C=O) groups is 2. The monoisotopic (exact) mass is 302 g/mol. The number of benzene rings is 1. The van der Waals surface area contributed by atoms with Crippen molar-refractivity contribution in [3.8, 4) is 11.4 Å². The fourth-order valence-electron chi connectivity index (χ4n) is 1.77. The lowest BCUT2D eigenvalue weighted by Gasteiger charge is -2.07. The van der Waals surface area contributed by atoms with Gasteiger partial charge in [0, 0.05) is 24.8 Å². The van der Waals surface area contributed by atoms with Crippen molar-refractivity contribution in [2.45, 2.75) is 6.92 Å². The summed E-state index contributed by atoms with van der Waals surface area (Å²) in [6.07, 6.45) is 1.62. The second kappa shape index (κ2) is 7.21. The Morgan fingerprint density at radius 2 is 1.91 bits per heavy atom. The molecule has 0 radical (unpaired) electrons. The van der Waals surface area contributed by atoms with Crippen LogP contribution in [-0.2, 0) is 11.8 Å². The number of urea groups is 1. The highest BCUT2D eigenvalue weighted by molar-refractivity contribution is 5.92. The molecule has 0 saturated carbocycles. The molecular formula is C14H18N6O2. The zero-order valence-corrected chi connectivity index (χ0v) is 12.5. The molecule has 0 unspecified atom stereocenters. The van der Waals surface area contributed by atoms with Gasteiger partial charge < -0.3 is 16.0 Å². The number of nitrogens with one attached hydrogen (secondary N) is 3. The number of amides is 3. The number of hydrogen-bond acceptors (Lipinski definition) is 4. The molecule has 1 aromatic carbocycles. The number of carbonyl (C=O) groups excluding carboxylic acids is 2. The van der Waals surface area contributed by atoms with Crippen LogP contribution in [0.25, 0.3) is 11.4 Å². The zero-order valence-electron chi connectivity index (χ0n) is 12.5. The van der Waals surface area contributed by atoms with E-state index < -0.39 is 6.03 Å². The Hall–Kier alpha value is -2.90. The number of aromatic nitrogens is 3. The summed E-state index contributed by atoms with van der Waals surface area (Å²) in [6.45, 7) is 2.29. The molecule has 0 bridgehead atoms. The third-order valence-electron chi connectivity index (χ3n) is 2.78. The Morgan fingerprint density at radius 3 is 2.50 bits per heavy atom. The van der Waals surface area contributed by atoms with Gasteiger partial charge in [-0.15, -0.1) is 0 Å². The number of rotatable bonds is 5. The van der Waals surface area contributed by atoms with Gasteiger partial charge in [0.2, 0.25) is 5.91 Å². The van der Waals surface area contributed by atoms with Gasteiger partial charge in [-0.1, -0.05) is 0 Å². The minimum Gasteiger partial charge on any atom is -0.355 e. The van der Waals surface area contributed by atoms with Crippen LogP contribution in [0.4, 0.5) is 10.5 Å². The first-order valence-electron chi connectivity index (χ1n) is 6.86. The van der Waals surface area contributed by atoms with Gasteiger partial charge in [0.25, 0.3) is 0 Å². The van der Waals surface area contributed by atoms with Crippen LogP contribution in [0, 0.1) is 0 Å². The second-order valence-electron chi connectivity index (χ2n) is 4.58. The van der Waals surface area contributed by atoms with Crippen molar-refractivity contribution in [1.82, 2.24) is 25.4 Å². The van der Waals surface area contributed by atoms with Gasteiger partial charge in [0.05, 0.1) is 6.54 Å². The molecule has 3 N–H and O–H groups in total. The lowest BCUT2D eigenvalue weighted by atomic mass is 10.2. The van der Waals surface area contributed by atoms with E-state index in [9.17, 15) is 9.59 Å². The van der Waals surface area contributed by atoms with Gasteiger partial charge in [-0.05, 0) is 31.2 Å². The molecule has 116 valence electrons. The van der Waals surface area contributed by atoms with Gasteiger partial charge in [0.15, 0.2) is 5.82 Å². The number of hydrogen-bond donors (Lipinski definition) is 3. The van der Waals surface area contributed by atoms with Crippen molar-refractivity contribution in [3.05, 3.63) is 30.6 Å². The van der Waals surface area contributed by atoms with Crippen molar-refractivity contribution in [1.29, 1.82) is 0 Å². The van der Waals surface area contributed by atoms with Gasteiger partial charge in [-0.25, -0.2) is 9.78 Å². The normalized spacial score (nSPS) is 10.1. The first-order chi connectivity index (χ1) is 10.6. The first kappa shape index (κ1) is 15.5. The molecule has 8 heteroatoms. The third kappa shape index (κ3) is 4.30. The van der Waals surface area contributed by atoms with E-state index in [1.165, 1.54) is 0 Å². The Morgan fingerprint density at radius 1 is 1.18 bits per heavy atom. The molecule has 0 aliphatic heterocycles. The van der Waals surface area contributed by atoms with Crippen molar-refractivity contribution in [3.63, 3.8) is 0 Å². The lowest BCUT2D eigenvalue weighted by molar-refractivity contribution is -0.119. The molecule has 0 atom stereocenters. The summed E-state index contributed by atoms with van der Waals surface area (Å²) in [4.78, 5) is 27.0. The van der Waals surface area contributed by atoms with Crippen LogP contribution in [0.1, 0.15) is 6.92 Å². The number of likely N-dealkylation sites (N-methyl/N-ethyl adjacent to an activating group) is 1. The Balaban J connectivity index is 1.88. The second-order valence-corrected chi connectivity index (χ2v) is 4.58. The van der Waals surface area contributed by atoms with Crippen molar-refractivity contribution in [2.75, 3.05) is 18.4 Å². The summed E-state index contributed by atoms with van der Waals surface area (Å²) >= 11 is 0. The van der Waals surface area contributed by atoms with Crippen molar-refractivity contribution >= 4 is 17.6 Å². The quantitative estimate of drug-likeness (QED) is 0.758. The standard InChI is InChI=1S/C14H18N6O2/c1-3-15-12(21)8-16-14(22)18-11-6-4-10(5-7-11)13-17-9-20(2)19-13/h4-7,9H,3,8H2,1-2H3,(H,15,21)(H2,16,18,22). The Labute approximate surface area is 127 Å². The summed E-state index contributed by atoms with van der Waals surface area (Å²) < 4.78 is 1.62. The summed E-state index contributed by atoms with van der Waals surface area (Å²) in [5.41, 5.74) is 1.47. The molecule has 0 fully saturated rings. The van der Waals surface area contributed by atoms with Crippen LogP contribution >= 0.6 is 0 Å². The predicted molar refractivity (Wildman–Crippen MR) is 82.1 cm³/mol. The van der Waals surface area contributed by atoms with Crippen molar-refractivity contribution in [2.24, 2.45) is 7.05 Å². The Bertz CT molecular complexity index is 650. The molecule has 2 rings (SSSR count). The third-order valence-corrected chi connectivity index (χ3v) is 2.78. The maximum absolute atomic E-state index is 11.6. The minimum absolute atomic E-state index is 0.0599. The molecule has 2 aromatic rings. The highest BCUT2D eigenvalue weighted by atomic mass is 16.2. The fraction of sp³-hybridized carbons (Fsp3) is 0.286. The summed E-state index contributed by atoms with van der Waals surface area (Å²) in [6, 6.07) is 6.69. The van der Waals surface area contributed by atoms with E-state index in [1.807, 2.05) is 19.1 Å². The minimum atomic E-state index is -0.435.